The molecule has 5 nitrogen and oxygen atoms in total. The Morgan fingerprint density at radius 1 is 1.25 bits per heavy atom. The van der Waals surface area contributed by atoms with Crippen molar-refractivity contribution in [1.82, 2.24) is 14.7 Å². The Bertz CT molecular complexity index is 716. The lowest BCUT2D eigenvalue weighted by Crippen LogP contribution is -2.35. The van der Waals surface area contributed by atoms with Gasteiger partial charge in [-0.2, -0.15) is 5.10 Å². The van der Waals surface area contributed by atoms with E-state index in [4.69, 9.17) is 4.74 Å². The van der Waals surface area contributed by atoms with Crippen LogP contribution in [0.4, 0.5) is 4.79 Å². The van der Waals surface area contributed by atoms with Crippen molar-refractivity contribution in [2.45, 2.75) is 45.8 Å². The lowest BCUT2D eigenvalue weighted by atomic mass is 10.1. The van der Waals surface area contributed by atoms with E-state index in [1.165, 1.54) is 5.56 Å². The Hall–Kier alpha value is -2.30. The highest BCUT2D eigenvalue weighted by Crippen LogP contribution is 2.28. The number of amides is 1. The Morgan fingerprint density at radius 3 is 2.62 bits per heavy atom. The Balaban J connectivity index is 1.72. The van der Waals surface area contributed by atoms with Gasteiger partial charge in [-0.3, -0.25) is 4.68 Å². The van der Waals surface area contributed by atoms with Gasteiger partial charge in [-0.1, -0.05) is 30.3 Å². The first-order valence-electron chi connectivity index (χ1n) is 8.42. The molecule has 1 atom stereocenters. The maximum atomic E-state index is 12.2. The number of hydrogen-bond acceptors (Lipinski definition) is 3. The van der Waals surface area contributed by atoms with Gasteiger partial charge in [0.1, 0.15) is 5.60 Å². The second kappa shape index (κ2) is 6.30. The number of carbonyl (C=O) groups is 1. The molecule has 1 saturated heterocycles. The molecular weight excluding hydrogens is 302 g/mol. The first kappa shape index (κ1) is 16.6. The molecule has 2 aromatic rings. The summed E-state index contributed by atoms with van der Waals surface area (Å²) in [4.78, 5) is 14.0. The number of rotatable bonds is 2. The van der Waals surface area contributed by atoms with E-state index in [-0.39, 0.29) is 12.1 Å². The molecule has 2 heterocycles. The molecule has 0 radical (unpaired) electrons. The molecule has 3 rings (SSSR count). The van der Waals surface area contributed by atoms with Gasteiger partial charge in [0.05, 0.1) is 11.7 Å². The van der Waals surface area contributed by atoms with E-state index < -0.39 is 5.60 Å². The van der Waals surface area contributed by atoms with E-state index >= 15 is 0 Å². The summed E-state index contributed by atoms with van der Waals surface area (Å²) >= 11 is 0. The van der Waals surface area contributed by atoms with Crippen LogP contribution in [0.5, 0.6) is 0 Å². The lowest BCUT2D eigenvalue weighted by Gasteiger charge is -2.24. The van der Waals surface area contributed by atoms with Crippen LogP contribution < -0.4 is 0 Å². The molecule has 1 amide bonds. The number of ether oxygens (including phenoxy) is 1. The fourth-order valence-electron chi connectivity index (χ4n) is 3.02. The molecule has 0 aliphatic carbocycles. The predicted octanol–water partition coefficient (Wildman–Crippen LogP) is 4.04. The topological polar surface area (TPSA) is 47.4 Å². The number of aromatic nitrogens is 2. The first-order valence-corrected chi connectivity index (χ1v) is 8.42. The summed E-state index contributed by atoms with van der Waals surface area (Å²) in [5, 5.41) is 4.68. The van der Waals surface area contributed by atoms with Gasteiger partial charge in [0.15, 0.2) is 0 Å². The number of hydrogen-bond donors (Lipinski definition) is 0. The highest BCUT2D eigenvalue weighted by Gasteiger charge is 2.31. The van der Waals surface area contributed by atoms with Gasteiger partial charge >= 0.3 is 6.09 Å². The summed E-state index contributed by atoms with van der Waals surface area (Å²) in [7, 11) is 0. The molecule has 5 heteroatoms. The third-order valence-corrected chi connectivity index (χ3v) is 4.19. The average Bonchev–Trinajstić information content (AvgIpc) is 3.13. The minimum absolute atomic E-state index is 0.202. The quantitative estimate of drug-likeness (QED) is 0.836. The zero-order valence-electron chi connectivity index (χ0n) is 14.8. The van der Waals surface area contributed by atoms with Crippen molar-refractivity contribution in [3.05, 3.63) is 42.2 Å². The van der Waals surface area contributed by atoms with Crippen LogP contribution in [0, 0.1) is 6.92 Å². The highest BCUT2D eigenvalue weighted by atomic mass is 16.6. The van der Waals surface area contributed by atoms with Crippen LogP contribution in [0.1, 0.15) is 38.9 Å². The molecule has 128 valence electrons. The summed E-state index contributed by atoms with van der Waals surface area (Å²) < 4.78 is 7.46. The highest BCUT2D eigenvalue weighted by molar-refractivity contribution is 5.68. The SMILES string of the molecule is Cc1nn(C2CCN(C(=O)OC(C)(C)C)C2)cc1-c1ccccc1. The van der Waals surface area contributed by atoms with E-state index in [2.05, 4.69) is 23.4 Å². The monoisotopic (exact) mass is 327 g/mol. The number of aryl methyl sites for hydroxylation is 1. The summed E-state index contributed by atoms with van der Waals surface area (Å²) in [5.74, 6) is 0. The second-order valence-electron chi connectivity index (χ2n) is 7.34. The van der Waals surface area contributed by atoms with Crippen molar-refractivity contribution < 1.29 is 9.53 Å². The van der Waals surface area contributed by atoms with Crippen molar-refractivity contribution >= 4 is 6.09 Å². The van der Waals surface area contributed by atoms with Crippen LogP contribution in [0.15, 0.2) is 36.5 Å². The average molecular weight is 327 g/mol. The molecule has 1 unspecified atom stereocenters. The maximum Gasteiger partial charge on any atom is 0.410 e. The van der Waals surface area contributed by atoms with Crippen molar-refractivity contribution in [3.8, 4) is 11.1 Å². The van der Waals surface area contributed by atoms with E-state index in [0.717, 1.165) is 17.7 Å². The zero-order valence-corrected chi connectivity index (χ0v) is 14.8. The number of nitrogens with zero attached hydrogens (tertiary/aromatic N) is 3. The molecule has 1 aromatic heterocycles. The minimum atomic E-state index is -0.460. The fourth-order valence-corrected chi connectivity index (χ4v) is 3.02. The van der Waals surface area contributed by atoms with Gasteiger partial charge in [0.25, 0.3) is 0 Å². The summed E-state index contributed by atoms with van der Waals surface area (Å²) in [5.41, 5.74) is 2.87. The van der Waals surface area contributed by atoms with Crippen LogP contribution in [0.3, 0.4) is 0 Å². The first-order chi connectivity index (χ1) is 11.3. The molecule has 24 heavy (non-hydrogen) atoms. The van der Waals surface area contributed by atoms with Crippen LogP contribution >= 0.6 is 0 Å². The fraction of sp³-hybridized carbons (Fsp3) is 0.474. The van der Waals surface area contributed by atoms with Gasteiger partial charge in [-0.05, 0) is 39.7 Å². The van der Waals surface area contributed by atoms with Crippen molar-refractivity contribution in [1.29, 1.82) is 0 Å². The largest absolute Gasteiger partial charge is 0.444 e. The summed E-state index contributed by atoms with van der Waals surface area (Å²) in [6.45, 7) is 9.05. The standard InChI is InChI=1S/C19H25N3O2/c1-14-17(15-8-6-5-7-9-15)13-22(20-14)16-10-11-21(12-16)18(23)24-19(2,3)4/h5-9,13,16H,10-12H2,1-4H3. The third-order valence-electron chi connectivity index (χ3n) is 4.19. The van der Waals surface area contributed by atoms with Gasteiger partial charge in [-0.15, -0.1) is 0 Å². The number of benzene rings is 1. The van der Waals surface area contributed by atoms with Crippen LogP contribution in [0.25, 0.3) is 11.1 Å². The molecule has 0 spiro atoms. The molecule has 1 aliphatic rings. The second-order valence-corrected chi connectivity index (χ2v) is 7.34. The molecule has 1 fully saturated rings. The molecular formula is C19H25N3O2. The van der Waals surface area contributed by atoms with Crippen molar-refractivity contribution in [3.63, 3.8) is 0 Å². The molecule has 0 bridgehead atoms. The number of likely N-dealkylation sites (tertiary alicyclic amines) is 1. The van der Waals surface area contributed by atoms with Crippen LogP contribution in [-0.2, 0) is 4.74 Å². The van der Waals surface area contributed by atoms with Crippen molar-refractivity contribution in [2.75, 3.05) is 13.1 Å². The molecule has 1 aliphatic heterocycles. The van der Waals surface area contributed by atoms with Crippen molar-refractivity contribution in [2.24, 2.45) is 0 Å². The van der Waals surface area contributed by atoms with Crippen LogP contribution in [-0.4, -0.2) is 39.5 Å². The number of carbonyl (C=O) groups excluding carboxylic acids is 1. The zero-order chi connectivity index (χ0) is 17.3. The Morgan fingerprint density at radius 2 is 1.96 bits per heavy atom. The third kappa shape index (κ3) is 3.61. The Labute approximate surface area is 143 Å². The van der Waals surface area contributed by atoms with Crippen LogP contribution in [0.2, 0.25) is 0 Å². The molecule has 0 saturated carbocycles. The summed E-state index contributed by atoms with van der Waals surface area (Å²) in [6, 6.07) is 10.5. The Kier molecular flexibility index (Phi) is 4.35. The van der Waals surface area contributed by atoms with Gasteiger partial charge < -0.3 is 9.64 Å². The van der Waals surface area contributed by atoms with E-state index in [0.29, 0.717) is 13.1 Å². The summed E-state index contributed by atoms with van der Waals surface area (Å²) in [6.07, 6.45) is 2.75. The van der Waals surface area contributed by atoms with E-state index in [1.807, 2.05) is 50.6 Å². The smallest absolute Gasteiger partial charge is 0.410 e. The van der Waals surface area contributed by atoms with E-state index in [1.54, 1.807) is 4.90 Å². The maximum absolute atomic E-state index is 12.2. The molecule has 1 aromatic carbocycles. The normalized spacial score (nSPS) is 18.0. The predicted molar refractivity (Wildman–Crippen MR) is 93.9 cm³/mol. The van der Waals surface area contributed by atoms with Gasteiger partial charge in [-0.25, -0.2) is 4.79 Å². The minimum Gasteiger partial charge on any atom is -0.444 e. The lowest BCUT2D eigenvalue weighted by molar-refractivity contribution is 0.0288. The van der Waals surface area contributed by atoms with E-state index in [9.17, 15) is 4.79 Å². The molecule has 0 N–H and O–H groups in total. The van der Waals surface area contributed by atoms with Gasteiger partial charge in [0.2, 0.25) is 0 Å². The van der Waals surface area contributed by atoms with Gasteiger partial charge in [0, 0.05) is 24.8 Å².